The Kier molecular flexibility index (Phi) is 5.11. The molecule has 0 aliphatic carbocycles. The average Bonchev–Trinajstić information content (AvgIpc) is 3.05. The van der Waals surface area contributed by atoms with E-state index in [4.69, 9.17) is 11.6 Å². The second-order valence-electron chi connectivity index (χ2n) is 6.59. The van der Waals surface area contributed by atoms with Gasteiger partial charge in [-0.2, -0.15) is 0 Å². The lowest BCUT2D eigenvalue weighted by Gasteiger charge is -2.36. The fourth-order valence-corrected chi connectivity index (χ4v) is 5.44. The second-order valence-corrected chi connectivity index (χ2v) is 10.1. The van der Waals surface area contributed by atoms with E-state index in [0.717, 1.165) is 24.0 Å². The van der Waals surface area contributed by atoms with E-state index in [1.807, 2.05) is 12.1 Å². The fourth-order valence-electron chi connectivity index (χ4n) is 3.32. The number of sulfonamides is 1. The van der Waals surface area contributed by atoms with Crippen LogP contribution >= 0.6 is 22.9 Å². The summed E-state index contributed by atoms with van der Waals surface area (Å²) >= 11 is 7.55. The van der Waals surface area contributed by atoms with Gasteiger partial charge in [0.15, 0.2) is 5.84 Å². The van der Waals surface area contributed by atoms with Crippen molar-refractivity contribution in [2.45, 2.75) is 6.54 Å². The molecule has 4 rings (SSSR count). The van der Waals surface area contributed by atoms with E-state index in [1.165, 1.54) is 4.88 Å². The summed E-state index contributed by atoms with van der Waals surface area (Å²) < 4.78 is 28.3. The van der Waals surface area contributed by atoms with Crippen LogP contribution in [0.2, 0.25) is 4.34 Å². The first-order chi connectivity index (χ1) is 12.9. The average molecular weight is 427 g/mol. The molecule has 0 spiro atoms. The number of hydrogen-bond donors (Lipinski definition) is 0. The molecule has 0 saturated carbocycles. The zero-order valence-corrected chi connectivity index (χ0v) is 16.9. The maximum atomic E-state index is 13.0. The summed E-state index contributed by atoms with van der Waals surface area (Å²) in [5.41, 5.74) is 0.347. The monoisotopic (exact) mass is 426 g/mol. The number of carbonyl (C=O) groups is 1. The molecule has 0 atom stereocenters. The first kappa shape index (κ1) is 18.7. The van der Waals surface area contributed by atoms with Gasteiger partial charge in [-0.05, 0) is 24.3 Å². The van der Waals surface area contributed by atoms with Gasteiger partial charge in [0.05, 0.1) is 15.7 Å². The molecule has 0 N–H and O–H groups in total. The molecule has 0 bridgehead atoms. The molecule has 7 nitrogen and oxygen atoms in total. The van der Waals surface area contributed by atoms with E-state index in [2.05, 4.69) is 9.30 Å². The highest BCUT2D eigenvalue weighted by Gasteiger charge is 2.33. The third-order valence-corrected chi connectivity index (χ3v) is 7.12. The molecule has 1 amide bonds. The Morgan fingerprint density at radius 2 is 1.96 bits per heavy atom. The fraction of sp³-hybridized carbons (Fsp3) is 0.412. The quantitative estimate of drug-likeness (QED) is 0.733. The third-order valence-electron chi connectivity index (χ3n) is 4.76. The van der Waals surface area contributed by atoms with Crippen molar-refractivity contribution in [2.24, 2.45) is 4.40 Å². The van der Waals surface area contributed by atoms with Gasteiger partial charge in [0.1, 0.15) is 0 Å². The number of nitrogens with zero attached hydrogens (tertiary/aromatic N) is 4. The van der Waals surface area contributed by atoms with Crippen molar-refractivity contribution in [3.8, 4) is 0 Å². The lowest BCUT2D eigenvalue weighted by atomic mass is 10.1. The minimum Gasteiger partial charge on any atom is -0.336 e. The van der Waals surface area contributed by atoms with Crippen LogP contribution in [0, 0.1) is 0 Å². The first-order valence-corrected chi connectivity index (χ1v) is 11.5. The summed E-state index contributed by atoms with van der Waals surface area (Å²) in [6.45, 7) is 3.86. The van der Waals surface area contributed by atoms with E-state index in [9.17, 15) is 13.2 Å². The highest BCUT2D eigenvalue weighted by Crippen LogP contribution is 2.24. The number of rotatable bonds is 3. The minimum atomic E-state index is -3.51. The Labute approximate surface area is 167 Å². The van der Waals surface area contributed by atoms with Crippen LogP contribution in [-0.2, 0) is 21.4 Å². The first-order valence-electron chi connectivity index (χ1n) is 8.65. The number of piperazine rings is 1. The topological polar surface area (TPSA) is 73.3 Å². The number of halogens is 1. The van der Waals surface area contributed by atoms with Crippen molar-refractivity contribution in [1.29, 1.82) is 0 Å². The molecule has 1 saturated heterocycles. The smallest absolute Gasteiger partial charge is 0.257 e. The van der Waals surface area contributed by atoms with Gasteiger partial charge < -0.3 is 9.80 Å². The maximum absolute atomic E-state index is 13.0. The molecule has 10 heteroatoms. The molecule has 1 fully saturated rings. The van der Waals surface area contributed by atoms with Crippen LogP contribution in [0.15, 0.2) is 40.5 Å². The molecule has 144 valence electrons. The van der Waals surface area contributed by atoms with E-state index in [-0.39, 0.29) is 17.5 Å². The van der Waals surface area contributed by atoms with Crippen molar-refractivity contribution in [3.63, 3.8) is 0 Å². The predicted molar refractivity (Wildman–Crippen MR) is 106 cm³/mol. The van der Waals surface area contributed by atoms with Crippen LogP contribution in [0.3, 0.4) is 0 Å². The van der Waals surface area contributed by atoms with Crippen molar-refractivity contribution < 1.29 is 13.2 Å². The van der Waals surface area contributed by atoms with Crippen LogP contribution in [0.1, 0.15) is 4.88 Å². The van der Waals surface area contributed by atoms with Gasteiger partial charge in [-0.1, -0.05) is 11.6 Å². The number of fused-ring (bicyclic) bond motifs is 1. The normalized spacial score (nSPS) is 22.3. The Hall–Kier alpha value is -1.68. The van der Waals surface area contributed by atoms with Crippen LogP contribution in [0.25, 0.3) is 0 Å². The molecule has 4 heterocycles. The van der Waals surface area contributed by atoms with Crippen LogP contribution in [-0.4, -0.2) is 73.3 Å². The summed E-state index contributed by atoms with van der Waals surface area (Å²) in [7, 11) is -3.51. The molecule has 1 aromatic heterocycles. The summed E-state index contributed by atoms with van der Waals surface area (Å²) in [5, 5.41) is 0. The largest absolute Gasteiger partial charge is 0.336 e. The SMILES string of the molecule is O=C(C1=CC=CN2CCS(=O)(=O)N=C12)N1CCN(Cc2ccc(Cl)s2)CC1. The van der Waals surface area contributed by atoms with Crippen molar-refractivity contribution in [3.05, 3.63) is 45.3 Å². The van der Waals surface area contributed by atoms with Crippen LogP contribution in [0.5, 0.6) is 0 Å². The molecular weight excluding hydrogens is 408 g/mol. The number of thiophene rings is 1. The van der Waals surface area contributed by atoms with E-state index in [0.29, 0.717) is 25.2 Å². The molecule has 1 aromatic rings. The number of allylic oxidation sites excluding steroid dienone is 2. The van der Waals surface area contributed by atoms with Crippen molar-refractivity contribution >= 4 is 44.7 Å². The van der Waals surface area contributed by atoms with Gasteiger partial charge in [0.2, 0.25) is 0 Å². The lowest BCUT2D eigenvalue weighted by Crippen LogP contribution is -2.50. The van der Waals surface area contributed by atoms with E-state index < -0.39 is 10.0 Å². The lowest BCUT2D eigenvalue weighted by molar-refractivity contribution is -0.128. The number of hydrogen-bond acceptors (Lipinski definition) is 6. The van der Waals surface area contributed by atoms with Crippen molar-refractivity contribution in [1.82, 2.24) is 14.7 Å². The van der Waals surface area contributed by atoms with Crippen LogP contribution in [0.4, 0.5) is 0 Å². The van der Waals surface area contributed by atoms with Gasteiger partial charge in [-0.3, -0.25) is 9.69 Å². The summed E-state index contributed by atoms with van der Waals surface area (Å²) in [6.07, 6.45) is 5.17. The molecule has 0 aromatic carbocycles. The number of carbonyl (C=O) groups excluding carboxylic acids is 1. The Balaban J connectivity index is 1.42. The summed E-state index contributed by atoms with van der Waals surface area (Å²) in [4.78, 5) is 20.0. The molecule has 3 aliphatic rings. The predicted octanol–water partition coefficient (Wildman–Crippen LogP) is 1.54. The number of amides is 1. The zero-order valence-electron chi connectivity index (χ0n) is 14.5. The number of amidine groups is 1. The van der Waals surface area contributed by atoms with Gasteiger partial charge in [0.25, 0.3) is 15.9 Å². The highest BCUT2D eigenvalue weighted by molar-refractivity contribution is 7.90. The van der Waals surface area contributed by atoms with Crippen LogP contribution < -0.4 is 0 Å². The Morgan fingerprint density at radius 3 is 2.67 bits per heavy atom. The van der Waals surface area contributed by atoms with Gasteiger partial charge in [0, 0.05) is 50.3 Å². The third kappa shape index (κ3) is 4.11. The summed E-state index contributed by atoms with van der Waals surface area (Å²) in [5.74, 6) is 0.0386. The van der Waals surface area contributed by atoms with Gasteiger partial charge in [-0.15, -0.1) is 15.7 Å². The molecule has 27 heavy (non-hydrogen) atoms. The molecule has 0 radical (unpaired) electrons. The standard InChI is InChI=1S/C17H19ClN4O3S2/c18-15-4-3-13(26-15)12-20-6-8-22(9-7-20)17(23)14-2-1-5-21-10-11-27(24,25)19-16(14)21/h1-5H,6-12H2. The Morgan fingerprint density at radius 1 is 1.19 bits per heavy atom. The van der Waals surface area contributed by atoms with Crippen molar-refractivity contribution in [2.75, 3.05) is 38.5 Å². The van der Waals surface area contributed by atoms with E-state index in [1.54, 1.807) is 39.5 Å². The van der Waals surface area contributed by atoms with E-state index >= 15 is 0 Å². The van der Waals surface area contributed by atoms with Gasteiger partial charge in [-0.25, -0.2) is 8.42 Å². The zero-order chi connectivity index (χ0) is 19.0. The van der Waals surface area contributed by atoms with Gasteiger partial charge >= 0.3 is 0 Å². The Bertz CT molecular complexity index is 943. The second kappa shape index (κ2) is 7.38. The minimum absolute atomic E-state index is 0.0340. The maximum Gasteiger partial charge on any atom is 0.257 e. The molecule has 0 unspecified atom stereocenters. The summed E-state index contributed by atoms with van der Waals surface area (Å²) in [6, 6.07) is 3.93. The highest BCUT2D eigenvalue weighted by atomic mass is 35.5. The molecule has 3 aliphatic heterocycles. The molecular formula is C17H19ClN4O3S2.